The topological polar surface area (TPSA) is 175 Å². The van der Waals surface area contributed by atoms with Crippen molar-refractivity contribution in [2.75, 3.05) is 13.2 Å². The van der Waals surface area contributed by atoms with Gasteiger partial charge in [0.15, 0.2) is 24.6 Å². The fraction of sp³-hybridized carbons (Fsp3) is 0.884. The van der Waals surface area contributed by atoms with Crippen molar-refractivity contribution in [1.82, 2.24) is 0 Å². The summed E-state index contributed by atoms with van der Waals surface area (Å²) in [6.07, 6.45) is 55.6. The molecule has 0 aromatic heterocycles. The summed E-state index contributed by atoms with van der Waals surface area (Å²) in [7, 11) is 0. The molecule has 0 amide bonds. The Bertz CT molecular complexity index is 1500. The number of aliphatic hydroxyl groups excluding tert-OH is 2. The summed E-state index contributed by atoms with van der Waals surface area (Å²) >= 11 is 0. The molecule has 0 aromatic carbocycles. The van der Waals surface area contributed by atoms with Gasteiger partial charge >= 0.3 is 23.9 Å². The van der Waals surface area contributed by atoms with E-state index in [1.807, 2.05) is 0 Å². The van der Waals surface area contributed by atoms with E-state index in [2.05, 4.69) is 45.1 Å². The molecule has 3 N–H and O–H groups in total. The first-order valence-electron chi connectivity index (χ1n) is 34.3. The first-order valence-corrected chi connectivity index (χ1v) is 34.3. The van der Waals surface area contributed by atoms with Gasteiger partial charge in [-0.2, -0.15) is 0 Å². The smallest absolute Gasteiger partial charge is 0.335 e. The quantitative estimate of drug-likeness (QED) is 0.0228. The normalized spacial score (nSPS) is 17.8. The summed E-state index contributed by atoms with van der Waals surface area (Å²) in [5.74, 6) is -3.09. The lowest BCUT2D eigenvalue weighted by Crippen LogP contribution is -2.61. The molecule has 1 fully saturated rings. The van der Waals surface area contributed by atoms with Crippen LogP contribution in [-0.4, -0.2) is 89.2 Å². The lowest BCUT2D eigenvalue weighted by atomic mass is 9.98. The van der Waals surface area contributed by atoms with Gasteiger partial charge < -0.3 is 39.0 Å². The first kappa shape index (κ1) is 76.2. The van der Waals surface area contributed by atoms with Gasteiger partial charge in [-0.25, -0.2) is 4.79 Å². The number of carboxylic acids is 1. The Morgan fingerprint density at radius 1 is 0.407 bits per heavy atom. The second kappa shape index (κ2) is 57.6. The third kappa shape index (κ3) is 47.2. The van der Waals surface area contributed by atoms with Crippen LogP contribution in [0.2, 0.25) is 0 Å². The lowest BCUT2D eigenvalue weighted by molar-refractivity contribution is -0.301. The highest BCUT2D eigenvalue weighted by atomic mass is 16.7. The highest BCUT2D eigenvalue weighted by Gasteiger charge is 2.50. The second-order valence-electron chi connectivity index (χ2n) is 23.8. The van der Waals surface area contributed by atoms with Crippen LogP contribution in [0.4, 0.5) is 0 Å². The second-order valence-corrected chi connectivity index (χ2v) is 23.8. The van der Waals surface area contributed by atoms with Crippen molar-refractivity contribution in [3.05, 3.63) is 24.3 Å². The number of hydrogen-bond donors (Lipinski definition) is 3. The zero-order chi connectivity index (χ0) is 58.9. The number of carbonyl (C=O) groups excluding carboxylic acids is 3. The van der Waals surface area contributed by atoms with Gasteiger partial charge in [-0.1, -0.05) is 295 Å². The number of aliphatic hydroxyl groups is 2. The van der Waals surface area contributed by atoms with Gasteiger partial charge in [0.05, 0.1) is 6.61 Å². The monoisotopic (exact) mass is 1150 g/mol. The third-order valence-electron chi connectivity index (χ3n) is 16.0. The first-order chi connectivity index (χ1) is 39.6. The third-order valence-corrected chi connectivity index (χ3v) is 16.0. The SMILES string of the molecule is CCCCC/C=C\C/C=C\CCCCCCCC(=O)OC1C(OCC(COC(=O)CCCCCCCCCCCCCCCCCCCCC)OC(=O)CCCCCCCCCCCCCCCCCCC)OC(C(=O)O)C(O)C1O. The summed E-state index contributed by atoms with van der Waals surface area (Å²) in [5.41, 5.74) is 0. The fourth-order valence-corrected chi connectivity index (χ4v) is 10.8. The molecular weight excluding hydrogens is 1020 g/mol. The maximum absolute atomic E-state index is 13.2. The summed E-state index contributed by atoms with van der Waals surface area (Å²) in [4.78, 5) is 51.4. The van der Waals surface area contributed by atoms with E-state index >= 15 is 0 Å². The van der Waals surface area contributed by atoms with Gasteiger partial charge in [0.2, 0.25) is 0 Å². The van der Waals surface area contributed by atoms with E-state index in [4.69, 9.17) is 23.7 Å². The zero-order valence-electron chi connectivity index (χ0n) is 52.6. The van der Waals surface area contributed by atoms with Crippen molar-refractivity contribution in [2.45, 2.75) is 379 Å². The van der Waals surface area contributed by atoms with Crippen LogP contribution in [-0.2, 0) is 42.9 Å². The molecule has 0 radical (unpaired) electrons. The maximum Gasteiger partial charge on any atom is 0.335 e. The fourth-order valence-electron chi connectivity index (χ4n) is 10.8. The summed E-state index contributed by atoms with van der Waals surface area (Å²) in [6.45, 7) is 6.04. The van der Waals surface area contributed by atoms with E-state index in [9.17, 15) is 34.5 Å². The molecule has 0 aromatic rings. The van der Waals surface area contributed by atoms with Crippen molar-refractivity contribution in [2.24, 2.45) is 0 Å². The number of aliphatic carboxylic acids is 1. The van der Waals surface area contributed by atoms with E-state index in [0.717, 1.165) is 83.5 Å². The average molecular weight is 1150 g/mol. The number of carboxylic acid groups (broad SMARTS) is 1. The summed E-state index contributed by atoms with van der Waals surface area (Å²) in [6, 6.07) is 0. The van der Waals surface area contributed by atoms with E-state index in [-0.39, 0.29) is 25.9 Å². The van der Waals surface area contributed by atoms with Crippen molar-refractivity contribution < 1.29 is 58.2 Å². The molecule has 1 rings (SSSR count). The average Bonchev–Trinajstić information content (AvgIpc) is 3.53. The Morgan fingerprint density at radius 2 is 0.741 bits per heavy atom. The molecule has 12 nitrogen and oxygen atoms in total. The zero-order valence-corrected chi connectivity index (χ0v) is 52.6. The minimum atomic E-state index is -1.90. The predicted molar refractivity (Wildman–Crippen MR) is 331 cm³/mol. The van der Waals surface area contributed by atoms with Gasteiger partial charge in [-0.05, 0) is 51.4 Å². The van der Waals surface area contributed by atoms with Crippen molar-refractivity contribution in [1.29, 1.82) is 0 Å². The van der Waals surface area contributed by atoms with Crippen LogP contribution >= 0.6 is 0 Å². The molecule has 0 spiro atoms. The van der Waals surface area contributed by atoms with Crippen LogP contribution in [0.1, 0.15) is 342 Å². The Labute approximate surface area is 496 Å². The Kier molecular flexibility index (Phi) is 54.2. The van der Waals surface area contributed by atoms with Crippen molar-refractivity contribution in [3.63, 3.8) is 0 Å². The van der Waals surface area contributed by atoms with Gasteiger partial charge in [-0.3, -0.25) is 14.4 Å². The van der Waals surface area contributed by atoms with Gasteiger partial charge in [0, 0.05) is 19.3 Å². The molecule has 0 bridgehead atoms. The molecular formula is C69H126O12. The van der Waals surface area contributed by atoms with Crippen LogP contribution in [0.15, 0.2) is 24.3 Å². The number of rotatable bonds is 60. The van der Waals surface area contributed by atoms with Gasteiger partial charge in [-0.15, -0.1) is 0 Å². The minimum Gasteiger partial charge on any atom is -0.479 e. The molecule has 81 heavy (non-hydrogen) atoms. The largest absolute Gasteiger partial charge is 0.479 e. The Balaban J connectivity index is 2.62. The van der Waals surface area contributed by atoms with Crippen molar-refractivity contribution in [3.8, 4) is 0 Å². The van der Waals surface area contributed by atoms with Crippen LogP contribution in [0.3, 0.4) is 0 Å². The molecule has 474 valence electrons. The number of unbranched alkanes of at least 4 members (excludes halogenated alkanes) is 42. The van der Waals surface area contributed by atoms with Crippen LogP contribution in [0, 0.1) is 0 Å². The minimum absolute atomic E-state index is 0.0496. The number of allylic oxidation sites excluding steroid dienone is 4. The number of hydrogen-bond acceptors (Lipinski definition) is 11. The van der Waals surface area contributed by atoms with Crippen LogP contribution in [0.5, 0.6) is 0 Å². The molecule has 1 saturated heterocycles. The standard InChI is InChI=1S/C69H126O12/c1-4-7-10-13-16-19-22-25-28-30-31-33-35-37-40-43-46-49-52-55-61(70)77-58-60(79-62(71)56-53-50-47-44-41-39-36-32-29-26-23-20-17-14-11-8-5-2)59-78-69-67(65(74)64(73)66(81-69)68(75)76)80-63(72)57-54-51-48-45-42-38-34-27-24-21-18-15-12-9-6-3/h18,21,27,34,60,64-67,69,73-74H,4-17,19-20,22-26,28-33,35-59H2,1-3H3,(H,75,76)/b21-18-,34-27-. The van der Waals surface area contributed by atoms with E-state index in [1.165, 1.54) is 199 Å². The Morgan fingerprint density at radius 3 is 1.14 bits per heavy atom. The van der Waals surface area contributed by atoms with Crippen LogP contribution in [0.25, 0.3) is 0 Å². The Hall–Kier alpha value is -2.80. The molecule has 0 saturated carbocycles. The summed E-state index contributed by atoms with van der Waals surface area (Å²) in [5, 5.41) is 31.6. The molecule has 12 heteroatoms. The van der Waals surface area contributed by atoms with Gasteiger partial charge in [0.1, 0.15) is 18.8 Å². The van der Waals surface area contributed by atoms with Crippen molar-refractivity contribution >= 4 is 23.9 Å². The van der Waals surface area contributed by atoms with E-state index < -0.39 is 67.3 Å². The van der Waals surface area contributed by atoms with E-state index in [1.54, 1.807) is 0 Å². The molecule has 1 heterocycles. The number of esters is 3. The molecule has 1 aliphatic rings. The highest BCUT2D eigenvalue weighted by molar-refractivity contribution is 5.74. The molecule has 6 atom stereocenters. The number of ether oxygens (including phenoxy) is 5. The predicted octanol–water partition coefficient (Wildman–Crippen LogP) is 18.6. The van der Waals surface area contributed by atoms with Crippen LogP contribution < -0.4 is 0 Å². The molecule has 6 unspecified atom stereocenters. The summed E-state index contributed by atoms with van der Waals surface area (Å²) < 4.78 is 28.6. The molecule has 1 aliphatic heterocycles. The number of carbonyl (C=O) groups is 4. The highest BCUT2D eigenvalue weighted by Crippen LogP contribution is 2.27. The lowest BCUT2D eigenvalue weighted by Gasteiger charge is -2.40. The van der Waals surface area contributed by atoms with Gasteiger partial charge in [0.25, 0.3) is 0 Å². The molecule has 0 aliphatic carbocycles. The van der Waals surface area contributed by atoms with E-state index in [0.29, 0.717) is 19.3 Å². The maximum atomic E-state index is 13.2.